The van der Waals surface area contributed by atoms with Crippen molar-refractivity contribution in [1.82, 2.24) is 14.3 Å². The number of rotatable bonds is 7. The first-order chi connectivity index (χ1) is 13.7. The summed E-state index contributed by atoms with van der Waals surface area (Å²) in [5, 5.41) is 4.96. The molecular weight excluding hydrogens is 370 g/mol. The van der Waals surface area contributed by atoms with Gasteiger partial charge < -0.3 is 19.1 Å². The van der Waals surface area contributed by atoms with Gasteiger partial charge >= 0.3 is 0 Å². The average molecular weight is 401 g/mol. The number of benzene rings is 1. The Morgan fingerprint density at radius 1 is 1.14 bits per heavy atom. The van der Waals surface area contributed by atoms with E-state index in [1.54, 1.807) is 4.90 Å². The Morgan fingerprint density at radius 2 is 1.89 bits per heavy atom. The summed E-state index contributed by atoms with van der Waals surface area (Å²) in [6, 6.07) is 9.01. The third kappa shape index (κ3) is 3.57. The van der Waals surface area contributed by atoms with Gasteiger partial charge in [-0.15, -0.1) is 0 Å². The summed E-state index contributed by atoms with van der Waals surface area (Å²) < 4.78 is 11.3. The lowest BCUT2D eigenvalue weighted by atomic mass is 10.2. The zero-order valence-electron chi connectivity index (χ0n) is 16.6. The number of nitrogens with one attached hydrogen (secondary N) is 1. The highest BCUT2D eigenvalue weighted by atomic mass is 32.1. The first kappa shape index (κ1) is 18.2. The fourth-order valence-corrected chi connectivity index (χ4v) is 4.61. The molecule has 150 valence electrons. The highest BCUT2D eigenvalue weighted by Crippen LogP contribution is 2.44. The molecule has 0 amide bonds. The summed E-state index contributed by atoms with van der Waals surface area (Å²) >= 11 is 5.81. The quantitative estimate of drug-likeness (QED) is 0.725. The lowest BCUT2D eigenvalue weighted by Crippen LogP contribution is -3.14. The standard InChI is InChI=1S/C21H29N5OS/c1-2-27-19-6-4-3-5-18(19)24-13-11-23(12-14-24)15-25-21(28)26(17-9-10-17)20(22-25)16-7-8-16/h3-6,16-17H,2,7-15H2,1H3/p+1. The number of para-hydroxylation sites is 2. The zero-order chi connectivity index (χ0) is 19.1. The molecule has 3 aliphatic rings. The molecule has 2 aromatic rings. The monoisotopic (exact) mass is 400 g/mol. The zero-order valence-corrected chi connectivity index (χ0v) is 17.5. The van der Waals surface area contributed by atoms with Crippen molar-refractivity contribution in [3.05, 3.63) is 34.9 Å². The van der Waals surface area contributed by atoms with E-state index in [0.29, 0.717) is 18.6 Å². The predicted molar refractivity (Wildman–Crippen MR) is 112 cm³/mol. The van der Waals surface area contributed by atoms with Crippen LogP contribution in [0.2, 0.25) is 0 Å². The van der Waals surface area contributed by atoms with Crippen molar-refractivity contribution in [3.63, 3.8) is 0 Å². The van der Waals surface area contributed by atoms with Crippen LogP contribution in [0.1, 0.15) is 50.4 Å². The maximum absolute atomic E-state index is 5.82. The molecule has 2 saturated carbocycles. The van der Waals surface area contributed by atoms with Gasteiger partial charge in [0.15, 0.2) is 6.67 Å². The van der Waals surface area contributed by atoms with Crippen molar-refractivity contribution in [2.75, 3.05) is 37.7 Å². The largest absolute Gasteiger partial charge is 0.492 e. The fourth-order valence-electron chi connectivity index (χ4n) is 4.27. The first-order valence-corrected chi connectivity index (χ1v) is 11.1. The summed E-state index contributed by atoms with van der Waals surface area (Å²) in [4.78, 5) is 4.01. The van der Waals surface area contributed by atoms with Crippen molar-refractivity contribution in [2.24, 2.45) is 0 Å². The van der Waals surface area contributed by atoms with Crippen LogP contribution in [-0.4, -0.2) is 47.1 Å². The second-order valence-electron chi connectivity index (χ2n) is 8.31. The molecule has 0 bridgehead atoms. The van der Waals surface area contributed by atoms with E-state index in [1.165, 1.54) is 37.2 Å². The molecule has 0 atom stereocenters. The lowest BCUT2D eigenvalue weighted by Gasteiger charge is -2.34. The van der Waals surface area contributed by atoms with Crippen molar-refractivity contribution in [1.29, 1.82) is 0 Å². The predicted octanol–water partition coefficient (Wildman–Crippen LogP) is 2.39. The molecule has 1 aromatic carbocycles. The Balaban J connectivity index is 1.26. The van der Waals surface area contributed by atoms with Crippen LogP contribution in [0.4, 0.5) is 5.69 Å². The van der Waals surface area contributed by atoms with E-state index in [0.717, 1.165) is 43.4 Å². The van der Waals surface area contributed by atoms with Gasteiger partial charge in [0.1, 0.15) is 11.6 Å². The van der Waals surface area contributed by atoms with Gasteiger partial charge in [0.2, 0.25) is 4.77 Å². The fraction of sp³-hybridized carbons (Fsp3) is 0.619. The van der Waals surface area contributed by atoms with Crippen molar-refractivity contribution in [3.8, 4) is 5.75 Å². The second kappa shape index (κ2) is 7.52. The summed E-state index contributed by atoms with van der Waals surface area (Å²) in [7, 11) is 0. The molecule has 2 aliphatic carbocycles. The Bertz CT molecular complexity index is 890. The van der Waals surface area contributed by atoms with Gasteiger partial charge in [0, 0.05) is 12.0 Å². The van der Waals surface area contributed by atoms with Gasteiger partial charge in [-0.1, -0.05) is 12.1 Å². The van der Waals surface area contributed by atoms with Crippen LogP contribution in [0.15, 0.2) is 24.3 Å². The number of hydrogen-bond acceptors (Lipinski definition) is 4. The minimum Gasteiger partial charge on any atom is -0.492 e. The third-order valence-corrected chi connectivity index (χ3v) is 6.51. The van der Waals surface area contributed by atoms with E-state index in [9.17, 15) is 0 Å². The van der Waals surface area contributed by atoms with Gasteiger partial charge in [-0.2, -0.15) is 9.78 Å². The van der Waals surface area contributed by atoms with Crippen LogP contribution in [0.5, 0.6) is 5.75 Å². The molecule has 1 aliphatic heterocycles. The Morgan fingerprint density at radius 3 is 2.57 bits per heavy atom. The van der Waals surface area contributed by atoms with E-state index in [-0.39, 0.29) is 0 Å². The van der Waals surface area contributed by atoms with Crippen LogP contribution in [0, 0.1) is 4.77 Å². The second-order valence-corrected chi connectivity index (χ2v) is 8.68. The minimum absolute atomic E-state index is 0.624. The molecule has 28 heavy (non-hydrogen) atoms. The number of piperazine rings is 1. The number of ether oxygens (including phenoxy) is 1. The molecule has 1 saturated heterocycles. The topological polar surface area (TPSA) is 39.7 Å². The van der Waals surface area contributed by atoms with E-state index in [1.807, 2.05) is 13.0 Å². The van der Waals surface area contributed by atoms with Gasteiger partial charge in [-0.05, 0) is 57.0 Å². The molecule has 6 nitrogen and oxygen atoms in total. The smallest absolute Gasteiger partial charge is 0.203 e. The molecule has 0 spiro atoms. The normalized spacial score (nSPS) is 20.5. The van der Waals surface area contributed by atoms with Crippen LogP contribution in [0.3, 0.4) is 0 Å². The molecule has 1 aromatic heterocycles. The Labute approximate surface area is 171 Å². The minimum atomic E-state index is 0.624. The van der Waals surface area contributed by atoms with E-state index >= 15 is 0 Å². The molecule has 2 heterocycles. The van der Waals surface area contributed by atoms with Crippen molar-refractivity contribution < 1.29 is 9.64 Å². The number of nitrogens with zero attached hydrogens (tertiary/aromatic N) is 4. The van der Waals surface area contributed by atoms with Gasteiger partial charge in [-0.3, -0.25) is 0 Å². The molecule has 3 fully saturated rings. The van der Waals surface area contributed by atoms with E-state index < -0.39 is 0 Å². The van der Waals surface area contributed by atoms with Crippen LogP contribution in [0.25, 0.3) is 0 Å². The average Bonchev–Trinajstić information content (AvgIpc) is 3.63. The molecule has 7 heteroatoms. The highest BCUT2D eigenvalue weighted by Gasteiger charge is 2.36. The number of hydrogen-bond donors (Lipinski definition) is 1. The van der Waals surface area contributed by atoms with Gasteiger partial charge in [-0.25, -0.2) is 0 Å². The van der Waals surface area contributed by atoms with Gasteiger partial charge in [0.05, 0.1) is 38.5 Å². The van der Waals surface area contributed by atoms with E-state index in [2.05, 4.69) is 32.3 Å². The third-order valence-electron chi connectivity index (χ3n) is 6.10. The number of anilines is 1. The maximum atomic E-state index is 5.82. The Kier molecular flexibility index (Phi) is 4.88. The highest BCUT2D eigenvalue weighted by molar-refractivity contribution is 7.71. The molecule has 0 radical (unpaired) electrons. The lowest BCUT2D eigenvalue weighted by molar-refractivity contribution is -0.924. The Hall–Kier alpha value is -1.86. The molecular formula is C21H30N5OS+. The first-order valence-electron chi connectivity index (χ1n) is 10.7. The van der Waals surface area contributed by atoms with Gasteiger partial charge in [0.25, 0.3) is 0 Å². The molecule has 5 rings (SSSR count). The van der Waals surface area contributed by atoms with Crippen LogP contribution < -0.4 is 14.5 Å². The maximum Gasteiger partial charge on any atom is 0.203 e. The van der Waals surface area contributed by atoms with Crippen molar-refractivity contribution >= 4 is 17.9 Å². The molecule has 0 unspecified atom stereocenters. The SMILES string of the molecule is CCOc1ccccc1N1CC[NH+](Cn2nc(C3CC3)n(C3CC3)c2=S)CC1. The summed E-state index contributed by atoms with van der Waals surface area (Å²) in [5.74, 6) is 2.91. The summed E-state index contributed by atoms with van der Waals surface area (Å²) in [5.41, 5.74) is 1.22. The number of quaternary nitrogens is 1. The summed E-state index contributed by atoms with van der Waals surface area (Å²) in [6.07, 6.45) is 5.10. The summed E-state index contributed by atoms with van der Waals surface area (Å²) in [6.45, 7) is 7.89. The van der Waals surface area contributed by atoms with Crippen LogP contribution >= 0.6 is 12.2 Å². The van der Waals surface area contributed by atoms with Crippen molar-refractivity contribution in [2.45, 2.75) is 51.2 Å². The number of aromatic nitrogens is 3. The molecule has 1 N–H and O–H groups in total. The van der Waals surface area contributed by atoms with Crippen LogP contribution in [-0.2, 0) is 6.67 Å². The van der Waals surface area contributed by atoms with E-state index in [4.69, 9.17) is 22.1 Å².